The quantitative estimate of drug-likeness (QED) is 0.869. The van der Waals surface area contributed by atoms with Crippen LogP contribution in [0, 0.1) is 0 Å². The van der Waals surface area contributed by atoms with Crippen molar-refractivity contribution in [3.05, 3.63) is 35.3 Å². The van der Waals surface area contributed by atoms with Crippen molar-refractivity contribution in [2.75, 3.05) is 25.6 Å². The number of urea groups is 1. The third kappa shape index (κ3) is 4.21. The molecule has 2 aromatic rings. The van der Waals surface area contributed by atoms with Gasteiger partial charge in [-0.3, -0.25) is 5.32 Å². The van der Waals surface area contributed by atoms with Gasteiger partial charge in [0, 0.05) is 18.7 Å². The molecule has 0 saturated carbocycles. The summed E-state index contributed by atoms with van der Waals surface area (Å²) >= 11 is 1.29. The van der Waals surface area contributed by atoms with Gasteiger partial charge in [0.05, 0.1) is 19.8 Å². The van der Waals surface area contributed by atoms with E-state index in [0.717, 1.165) is 30.8 Å². The van der Waals surface area contributed by atoms with Crippen molar-refractivity contribution in [1.82, 2.24) is 15.1 Å². The molecule has 0 spiro atoms. The van der Waals surface area contributed by atoms with E-state index in [4.69, 9.17) is 9.47 Å². The van der Waals surface area contributed by atoms with Crippen LogP contribution in [0.25, 0.3) is 0 Å². The number of hydrogen-bond donors (Lipinski definition) is 1. The summed E-state index contributed by atoms with van der Waals surface area (Å²) in [4.78, 5) is 14.4. The number of carbonyl (C=O) groups excluding carboxylic acids is 1. The molecule has 1 fully saturated rings. The third-order valence-corrected chi connectivity index (χ3v) is 4.47. The Balaban J connectivity index is 1.74. The summed E-state index contributed by atoms with van der Waals surface area (Å²) in [6.45, 7) is 1.72. The van der Waals surface area contributed by atoms with Crippen LogP contribution < -0.4 is 10.1 Å². The van der Waals surface area contributed by atoms with Crippen LogP contribution in [-0.2, 0) is 11.3 Å². The Morgan fingerprint density at radius 2 is 2.38 bits per heavy atom. The van der Waals surface area contributed by atoms with Crippen molar-refractivity contribution in [2.45, 2.75) is 25.5 Å². The normalized spacial score (nSPS) is 16.8. The molecular formula is C16H20N4O3S. The van der Waals surface area contributed by atoms with E-state index in [2.05, 4.69) is 15.5 Å². The number of rotatable bonds is 6. The molecule has 1 N–H and O–H groups in total. The average molecular weight is 348 g/mol. The van der Waals surface area contributed by atoms with Crippen molar-refractivity contribution < 1.29 is 14.3 Å². The fourth-order valence-electron chi connectivity index (χ4n) is 2.69. The van der Waals surface area contributed by atoms with E-state index in [1.807, 2.05) is 24.3 Å². The maximum atomic E-state index is 12.7. The van der Waals surface area contributed by atoms with Gasteiger partial charge in [0.2, 0.25) is 5.13 Å². The van der Waals surface area contributed by atoms with E-state index in [0.29, 0.717) is 18.2 Å². The largest absolute Gasteiger partial charge is 0.496 e. The Morgan fingerprint density at radius 3 is 3.08 bits per heavy atom. The first-order chi connectivity index (χ1) is 11.8. The molecule has 0 aliphatic carbocycles. The number of ether oxygens (including phenoxy) is 2. The molecular weight excluding hydrogens is 328 g/mol. The second-order valence-electron chi connectivity index (χ2n) is 5.50. The molecule has 2 amide bonds. The fraction of sp³-hybridized carbons (Fsp3) is 0.438. The molecule has 1 aliphatic heterocycles. The lowest BCUT2D eigenvalue weighted by Gasteiger charge is -2.26. The first-order valence-electron chi connectivity index (χ1n) is 7.82. The topological polar surface area (TPSA) is 76.6 Å². The highest BCUT2D eigenvalue weighted by Crippen LogP contribution is 2.22. The van der Waals surface area contributed by atoms with Gasteiger partial charge in [0.1, 0.15) is 11.3 Å². The van der Waals surface area contributed by atoms with Crippen molar-refractivity contribution >= 4 is 22.5 Å². The highest BCUT2D eigenvalue weighted by Gasteiger charge is 2.24. The maximum Gasteiger partial charge on any atom is 0.324 e. The second-order valence-corrected chi connectivity index (χ2v) is 6.33. The minimum Gasteiger partial charge on any atom is -0.496 e. The van der Waals surface area contributed by atoms with Gasteiger partial charge in [-0.15, -0.1) is 10.2 Å². The third-order valence-electron chi connectivity index (χ3n) is 3.86. The van der Waals surface area contributed by atoms with E-state index in [-0.39, 0.29) is 12.1 Å². The zero-order valence-corrected chi connectivity index (χ0v) is 14.3. The lowest BCUT2D eigenvalue weighted by atomic mass is 10.1. The minimum absolute atomic E-state index is 0.0693. The Bertz CT molecular complexity index is 659. The fourth-order valence-corrected chi connectivity index (χ4v) is 3.13. The summed E-state index contributed by atoms with van der Waals surface area (Å²) in [6.07, 6.45) is 2.07. The van der Waals surface area contributed by atoms with E-state index < -0.39 is 0 Å². The number of anilines is 1. The molecule has 0 bridgehead atoms. The SMILES string of the molecule is COc1ccccc1CN(CC1CCCO1)C(=O)Nc1nncs1. The summed E-state index contributed by atoms with van der Waals surface area (Å²) in [7, 11) is 1.63. The molecule has 0 radical (unpaired) electrons. The number of nitrogens with zero attached hydrogens (tertiary/aromatic N) is 3. The second kappa shape index (κ2) is 8.07. The molecule has 1 saturated heterocycles. The van der Waals surface area contributed by atoms with Gasteiger partial charge in [-0.25, -0.2) is 4.79 Å². The van der Waals surface area contributed by atoms with Gasteiger partial charge in [-0.05, 0) is 18.9 Å². The predicted molar refractivity (Wildman–Crippen MR) is 91.3 cm³/mol. The van der Waals surface area contributed by atoms with E-state index >= 15 is 0 Å². The zero-order chi connectivity index (χ0) is 16.8. The standard InChI is InChI=1S/C16H20N4O3S/c1-22-14-7-3-2-5-12(14)9-20(10-13-6-4-8-23-13)16(21)18-15-19-17-11-24-15/h2-3,5,7,11,13H,4,6,8-10H2,1H3,(H,18,19,21). The molecule has 1 aromatic heterocycles. The van der Waals surface area contributed by atoms with E-state index in [1.165, 1.54) is 11.3 Å². The van der Waals surface area contributed by atoms with Crippen molar-refractivity contribution in [1.29, 1.82) is 0 Å². The summed E-state index contributed by atoms with van der Waals surface area (Å²) in [5.74, 6) is 0.763. The van der Waals surface area contributed by atoms with Crippen molar-refractivity contribution in [3.8, 4) is 5.75 Å². The molecule has 1 atom stereocenters. The molecule has 128 valence electrons. The average Bonchev–Trinajstić information content (AvgIpc) is 3.28. The Labute approximate surface area is 144 Å². The van der Waals surface area contributed by atoms with Gasteiger partial charge in [-0.2, -0.15) is 0 Å². The Hall–Kier alpha value is -2.19. The summed E-state index contributed by atoms with van der Waals surface area (Å²) in [5, 5.41) is 10.9. The number of methoxy groups -OCH3 is 1. The lowest BCUT2D eigenvalue weighted by molar-refractivity contribution is 0.0817. The van der Waals surface area contributed by atoms with Gasteiger partial charge >= 0.3 is 6.03 Å². The summed E-state index contributed by atoms with van der Waals surface area (Å²) < 4.78 is 11.1. The monoisotopic (exact) mass is 348 g/mol. The van der Waals surface area contributed by atoms with E-state index in [9.17, 15) is 4.79 Å². The predicted octanol–water partition coefficient (Wildman–Crippen LogP) is 2.76. The van der Waals surface area contributed by atoms with Gasteiger partial charge < -0.3 is 14.4 Å². The van der Waals surface area contributed by atoms with Crippen LogP contribution in [0.1, 0.15) is 18.4 Å². The van der Waals surface area contributed by atoms with Crippen LogP contribution in [0.4, 0.5) is 9.93 Å². The number of carbonyl (C=O) groups is 1. The molecule has 3 rings (SSSR count). The number of para-hydroxylation sites is 1. The highest BCUT2D eigenvalue weighted by molar-refractivity contribution is 7.13. The molecule has 1 aromatic carbocycles. The molecule has 7 nitrogen and oxygen atoms in total. The lowest BCUT2D eigenvalue weighted by Crippen LogP contribution is -2.39. The van der Waals surface area contributed by atoms with Crippen molar-refractivity contribution in [3.63, 3.8) is 0 Å². The van der Waals surface area contributed by atoms with Crippen LogP contribution in [-0.4, -0.2) is 47.5 Å². The number of nitrogens with one attached hydrogen (secondary N) is 1. The first-order valence-corrected chi connectivity index (χ1v) is 8.70. The number of amides is 2. The molecule has 2 heterocycles. The summed E-state index contributed by atoms with van der Waals surface area (Å²) in [6, 6.07) is 7.48. The molecule has 1 aliphatic rings. The van der Waals surface area contributed by atoms with Gasteiger partial charge in [0.25, 0.3) is 0 Å². The molecule has 24 heavy (non-hydrogen) atoms. The summed E-state index contributed by atoms with van der Waals surface area (Å²) in [5.41, 5.74) is 2.53. The highest BCUT2D eigenvalue weighted by atomic mass is 32.1. The smallest absolute Gasteiger partial charge is 0.324 e. The first kappa shape index (κ1) is 16.7. The Morgan fingerprint density at radius 1 is 1.50 bits per heavy atom. The van der Waals surface area contributed by atoms with Gasteiger partial charge in [0.15, 0.2) is 0 Å². The van der Waals surface area contributed by atoms with Crippen LogP contribution in [0.3, 0.4) is 0 Å². The van der Waals surface area contributed by atoms with Crippen LogP contribution in [0.2, 0.25) is 0 Å². The molecule has 8 heteroatoms. The van der Waals surface area contributed by atoms with Crippen molar-refractivity contribution in [2.24, 2.45) is 0 Å². The minimum atomic E-state index is -0.215. The van der Waals surface area contributed by atoms with E-state index in [1.54, 1.807) is 17.5 Å². The number of aromatic nitrogens is 2. The number of hydrogen-bond acceptors (Lipinski definition) is 6. The molecule has 1 unspecified atom stereocenters. The van der Waals surface area contributed by atoms with Crippen LogP contribution in [0.5, 0.6) is 5.75 Å². The van der Waals surface area contributed by atoms with Crippen LogP contribution in [0.15, 0.2) is 29.8 Å². The maximum absolute atomic E-state index is 12.7. The number of benzene rings is 1. The van der Waals surface area contributed by atoms with Gasteiger partial charge in [-0.1, -0.05) is 29.5 Å². The van der Waals surface area contributed by atoms with Crippen LogP contribution >= 0.6 is 11.3 Å². The Kier molecular flexibility index (Phi) is 5.60. The zero-order valence-electron chi connectivity index (χ0n) is 13.5.